The van der Waals surface area contributed by atoms with Crippen molar-refractivity contribution in [1.29, 1.82) is 0 Å². The predicted octanol–water partition coefficient (Wildman–Crippen LogP) is 2.75. The summed E-state index contributed by atoms with van der Waals surface area (Å²) in [6.45, 7) is 2.14. The van der Waals surface area contributed by atoms with Crippen LogP contribution < -0.4 is 5.32 Å². The van der Waals surface area contributed by atoms with Crippen molar-refractivity contribution in [2.45, 2.75) is 18.8 Å². The lowest BCUT2D eigenvalue weighted by molar-refractivity contribution is 0.455. The van der Waals surface area contributed by atoms with E-state index in [0.717, 1.165) is 36.7 Å². The molecule has 2 aromatic rings. The maximum atomic E-state index is 5.98. The molecule has 1 aliphatic heterocycles. The number of nitrogens with one attached hydrogen (secondary N) is 1. The molecule has 2 aromatic heterocycles. The average Bonchev–Trinajstić information content (AvgIpc) is 2.39. The van der Waals surface area contributed by atoms with Crippen LogP contribution in [0.3, 0.4) is 0 Å². The minimum Gasteiger partial charge on any atom is -0.317 e. The van der Waals surface area contributed by atoms with Gasteiger partial charge in [-0.1, -0.05) is 11.6 Å². The van der Waals surface area contributed by atoms with Crippen LogP contribution in [0.15, 0.2) is 24.5 Å². The second kappa shape index (κ2) is 4.59. The Hall–Kier alpha value is -1.19. The number of piperidine rings is 1. The maximum Gasteiger partial charge on any atom is 0.129 e. The van der Waals surface area contributed by atoms with Gasteiger partial charge in [0.25, 0.3) is 0 Å². The third-order valence-electron chi connectivity index (χ3n) is 3.37. The zero-order valence-corrected chi connectivity index (χ0v) is 10.2. The Balaban J connectivity index is 2.11. The molecule has 17 heavy (non-hydrogen) atoms. The summed E-state index contributed by atoms with van der Waals surface area (Å²) in [5.41, 5.74) is 1.17. The van der Waals surface area contributed by atoms with Gasteiger partial charge in [-0.2, -0.15) is 0 Å². The first-order chi connectivity index (χ1) is 8.34. The Morgan fingerprint density at radius 2 is 2.06 bits per heavy atom. The van der Waals surface area contributed by atoms with E-state index in [2.05, 4.69) is 15.3 Å². The molecule has 4 heteroatoms. The lowest BCUT2D eigenvalue weighted by Gasteiger charge is -2.23. The third kappa shape index (κ3) is 2.13. The van der Waals surface area contributed by atoms with E-state index in [1.165, 1.54) is 5.69 Å². The molecule has 3 heterocycles. The molecule has 1 N–H and O–H groups in total. The van der Waals surface area contributed by atoms with Crippen LogP contribution in [0.1, 0.15) is 24.5 Å². The quantitative estimate of drug-likeness (QED) is 0.788. The van der Waals surface area contributed by atoms with Crippen molar-refractivity contribution in [3.05, 3.63) is 35.4 Å². The molecule has 88 valence electrons. The van der Waals surface area contributed by atoms with Gasteiger partial charge in [0, 0.05) is 29.1 Å². The Bertz CT molecular complexity index is 535. The van der Waals surface area contributed by atoms with Gasteiger partial charge >= 0.3 is 0 Å². The number of halogens is 1. The molecule has 0 amide bonds. The SMILES string of the molecule is Clc1cc2c(C3CCNCC3)nccc2cn1. The molecule has 0 atom stereocenters. The van der Waals surface area contributed by atoms with Gasteiger partial charge in [0.15, 0.2) is 0 Å². The van der Waals surface area contributed by atoms with Crippen molar-refractivity contribution in [2.24, 2.45) is 0 Å². The second-order valence-electron chi connectivity index (χ2n) is 4.45. The molecule has 1 fully saturated rings. The van der Waals surface area contributed by atoms with E-state index < -0.39 is 0 Å². The Labute approximate surface area is 105 Å². The largest absolute Gasteiger partial charge is 0.317 e. The first kappa shape index (κ1) is 10.9. The van der Waals surface area contributed by atoms with Crippen molar-refractivity contribution in [3.63, 3.8) is 0 Å². The predicted molar refractivity (Wildman–Crippen MR) is 69.4 cm³/mol. The summed E-state index contributed by atoms with van der Waals surface area (Å²) in [5.74, 6) is 0.540. The van der Waals surface area contributed by atoms with Gasteiger partial charge in [-0.25, -0.2) is 4.98 Å². The van der Waals surface area contributed by atoms with E-state index in [0.29, 0.717) is 11.1 Å². The summed E-state index contributed by atoms with van der Waals surface area (Å²) in [5, 5.41) is 6.20. The number of fused-ring (bicyclic) bond motifs is 1. The average molecular weight is 248 g/mol. The lowest BCUT2D eigenvalue weighted by atomic mass is 9.91. The highest BCUT2D eigenvalue weighted by Crippen LogP contribution is 2.30. The molecule has 0 bridgehead atoms. The van der Waals surface area contributed by atoms with Crippen LogP contribution in [0.25, 0.3) is 10.8 Å². The Morgan fingerprint density at radius 3 is 2.88 bits per heavy atom. The zero-order valence-electron chi connectivity index (χ0n) is 9.49. The van der Waals surface area contributed by atoms with Crippen LogP contribution in [-0.4, -0.2) is 23.1 Å². The fraction of sp³-hybridized carbons (Fsp3) is 0.385. The molecule has 0 aromatic carbocycles. The summed E-state index contributed by atoms with van der Waals surface area (Å²) < 4.78 is 0. The smallest absolute Gasteiger partial charge is 0.129 e. The fourth-order valence-corrected chi connectivity index (χ4v) is 2.64. The number of pyridine rings is 2. The van der Waals surface area contributed by atoms with E-state index in [1.807, 2.05) is 24.5 Å². The van der Waals surface area contributed by atoms with Crippen LogP contribution in [0, 0.1) is 0 Å². The molecule has 0 radical (unpaired) electrons. The number of rotatable bonds is 1. The van der Waals surface area contributed by atoms with Gasteiger partial charge in [-0.05, 0) is 38.1 Å². The van der Waals surface area contributed by atoms with Gasteiger partial charge in [0.2, 0.25) is 0 Å². The molecule has 0 spiro atoms. The molecule has 0 saturated carbocycles. The van der Waals surface area contributed by atoms with E-state index in [4.69, 9.17) is 11.6 Å². The number of hydrogen-bond donors (Lipinski definition) is 1. The third-order valence-corrected chi connectivity index (χ3v) is 3.58. The molecule has 3 nitrogen and oxygen atoms in total. The van der Waals surface area contributed by atoms with Crippen molar-refractivity contribution < 1.29 is 0 Å². The minimum atomic E-state index is 0.540. The van der Waals surface area contributed by atoms with Crippen molar-refractivity contribution in [2.75, 3.05) is 13.1 Å². The van der Waals surface area contributed by atoms with Crippen LogP contribution in [0.5, 0.6) is 0 Å². The first-order valence-electron chi connectivity index (χ1n) is 5.95. The lowest BCUT2D eigenvalue weighted by Crippen LogP contribution is -2.27. The van der Waals surface area contributed by atoms with E-state index in [9.17, 15) is 0 Å². The summed E-state index contributed by atoms with van der Waals surface area (Å²) in [6, 6.07) is 3.92. The molecule has 3 rings (SSSR count). The van der Waals surface area contributed by atoms with Gasteiger partial charge < -0.3 is 5.32 Å². The summed E-state index contributed by atoms with van der Waals surface area (Å²) in [6.07, 6.45) is 5.98. The maximum absolute atomic E-state index is 5.98. The van der Waals surface area contributed by atoms with Gasteiger partial charge in [0.1, 0.15) is 5.15 Å². The van der Waals surface area contributed by atoms with E-state index >= 15 is 0 Å². The molecule has 1 saturated heterocycles. The van der Waals surface area contributed by atoms with Crippen LogP contribution >= 0.6 is 11.6 Å². The van der Waals surface area contributed by atoms with Gasteiger partial charge in [0.05, 0.1) is 5.69 Å². The van der Waals surface area contributed by atoms with Crippen molar-refractivity contribution in [3.8, 4) is 0 Å². The van der Waals surface area contributed by atoms with Crippen LogP contribution in [0.4, 0.5) is 0 Å². The van der Waals surface area contributed by atoms with Crippen molar-refractivity contribution in [1.82, 2.24) is 15.3 Å². The molecular weight excluding hydrogens is 234 g/mol. The number of hydrogen-bond acceptors (Lipinski definition) is 3. The Kier molecular flexibility index (Phi) is 2.95. The van der Waals surface area contributed by atoms with E-state index in [-0.39, 0.29) is 0 Å². The number of aromatic nitrogens is 2. The summed E-state index contributed by atoms with van der Waals surface area (Å²) >= 11 is 5.98. The molecular formula is C13H14ClN3. The molecule has 1 aliphatic rings. The number of nitrogens with zero attached hydrogens (tertiary/aromatic N) is 2. The highest BCUT2D eigenvalue weighted by Gasteiger charge is 2.18. The Morgan fingerprint density at radius 1 is 1.24 bits per heavy atom. The normalized spacial score (nSPS) is 17.5. The van der Waals surface area contributed by atoms with Gasteiger partial charge in [-0.15, -0.1) is 0 Å². The van der Waals surface area contributed by atoms with Crippen LogP contribution in [-0.2, 0) is 0 Å². The highest BCUT2D eigenvalue weighted by molar-refractivity contribution is 6.30. The zero-order chi connectivity index (χ0) is 11.7. The van der Waals surface area contributed by atoms with E-state index in [1.54, 1.807) is 0 Å². The second-order valence-corrected chi connectivity index (χ2v) is 4.84. The topological polar surface area (TPSA) is 37.8 Å². The monoisotopic (exact) mass is 247 g/mol. The molecule has 0 unspecified atom stereocenters. The van der Waals surface area contributed by atoms with Crippen molar-refractivity contribution >= 4 is 22.4 Å². The summed E-state index contributed by atoms with van der Waals surface area (Å²) in [7, 11) is 0. The minimum absolute atomic E-state index is 0.540. The van der Waals surface area contributed by atoms with Gasteiger partial charge in [-0.3, -0.25) is 4.98 Å². The molecule has 0 aliphatic carbocycles. The standard InChI is InChI=1S/C13H14ClN3/c14-12-7-11-10(8-17-12)3-6-16-13(11)9-1-4-15-5-2-9/h3,6-9,15H,1-2,4-5H2. The van der Waals surface area contributed by atoms with Crippen LogP contribution in [0.2, 0.25) is 5.15 Å². The first-order valence-corrected chi connectivity index (χ1v) is 6.33. The fourth-order valence-electron chi connectivity index (χ4n) is 2.48. The summed E-state index contributed by atoms with van der Waals surface area (Å²) in [4.78, 5) is 8.68. The highest BCUT2D eigenvalue weighted by atomic mass is 35.5.